The SMILES string of the molecule is COc1ccc(CC(=O)Nc2c(C#N)c(-c3ccccc3)c(-c3ccccc3)n2CC2CCCO2)cc1. The first-order chi connectivity index (χ1) is 18.2. The number of carbonyl (C=O) groups is 1. The van der Waals surface area contributed by atoms with Gasteiger partial charge < -0.3 is 19.4 Å². The van der Waals surface area contributed by atoms with Crippen LogP contribution in [0.4, 0.5) is 5.82 Å². The summed E-state index contributed by atoms with van der Waals surface area (Å²) < 4.78 is 13.3. The van der Waals surface area contributed by atoms with Gasteiger partial charge in [0.05, 0.1) is 31.9 Å². The summed E-state index contributed by atoms with van der Waals surface area (Å²) in [6, 6.07) is 29.7. The van der Waals surface area contributed by atoms with Gasteiger partial charge in [-0.15, -0.1) is 0 Å². The zero-order valence-corrected chi connectivity index (χ0v) is 20.8. The first-order valence-electron chi connectivity index (χ1n) is 12.5. The molecular formula is C31H29N3O3. The summed E-state index contributed by atoms with van der Waals surface area (Å²) in [7, 11) is 1.61. The quantitative estimate of drug-likeness (QED) is 0.325. The van der Waals surface area contributed by atoms with Crippen LogP contribution < -0.4 is 10.1 Å². The summed E-state index contributed by atoms with van der Waals surface area (Å²) >= 11 is 0. The van der Waals surface area contributed by atoms with E-state index < -0.39 is 0 Å². The molecular weight excluding hydrogens is 462 g/mol. The number of ether oxygens (including phenoxy) is 2. The number of nitrogens with zero attached hydrogens (tertiary/aromatic N) is 2. The molecule has 1 atom stereocenters. The Morgan fingerprint density at radius 1 is 1.03 bits per heavy atom. The third-order valence-electron chi connectivity index (χ3n) is 6.68. The molecule has 0 radical (unpaired) electrons. The van der Waals surface area contributed by atoms with Crippen molar-refractivity contribution < 1.29 is 14.3 Å². The van der Waals surface area contributed by atoms with E-state index in [-0.39, 0.29) is 18.4 Å². The maximum Gasteiger partial charge on any atom is 0.229 e. The van der Waals surface area contributed by atoms with Gasteiger partial charge >= 0.3 is 0 Å². The number of carbonyl (C=O) groups excluding carboxylic acids is 1. The van der Waals surface area contributed by atoms with Crippen molar-refractivity contribution in [3.05, 3.63) is 96.1 Å². The molecule has 3 aromatic carbocycles. The number of amides is 1. The van der Waals surface area contributed by atoms with Gasteiger partial charge in [-0.3, -0.25) is 4.79 Å². The number of hydrogen-bond donors (Lipinski definition) is 1. The summed E-state index contributed by atoms with van der Waals surface area (Å²) in [5.74, 6) is 1.06. The predicted molar refractivity (Wildman–Crippen MR) is 144 cm³/mol. The molecule has 0 saturated carbocycles. The lowest BCUT2D eigenvalue weighted by molar-refractivity contribution is -0.115. The predicted octanol–water partition coefficient (Wildman–Crippen LogP) is 6.06. The van der Waals surface area contributed by atoms with Gasteiger partial charge in [0.25, 0.3) is 0 Å². The van der Waals surface area contributed by atoms with E-state index in [1.54, 1.807) is 7.11 Å². The van der Waals surface area contributed by atoms with Crippen LogP contribution in [-0.4, -0.2) is 30.3 Å². The summed E-state index contributed by atoms with van der Waals surface area (Å²) in [5, 5.41) is 13.5. The fourth-order valence-corrected chi connectivity index (χ4v) is 4.92. The monoisotopic (exact) mass is 491 g/mol. The maximum atomic E-state index is 13.3. The second-order valence-electron chi connectivity index (χ2n) is 9.11. The van der Waals surface area contributed by atoms with Crippen molar-refractivity contribution >= 4 is 11.7 Å². The molecule has 1 unspecified atom stereocenters. The minimum Gasteiger partial charge on any atom is -0.497 e. The third-order valence-corrected chi connectivity index (χ3v) is 6.68. The first kappa shape index (κ1) is 24.4. The first-order valence-corrected chi connectivity index (χ1v) is 12.5. The van der Waals surface area contributed by atoms with E-state index in [0.29, 0.717) is 17.9 Å². The number of hydrogen-bond acceptors (Lipinski definition) is 4. The van der Waals surface area contributed by atoms with Crippen LogP contribution in [0.25, 0.3) is 22.4 Å². The van der Waals surface area contributed by atoms with Crippen LogP contribution in [0.1, 0.15) is 24.0 Å². The van der Waals surface area contributed by atoms with Gasteiger partial charge in [-0.1, -0.05) is 72.8 Å². The molecule has 0 bridgehead atoms. The summed E-state index contributed by atoms with van der Waals surface area (Å²) in [6.45, 7) is 1.27. The zero-order valence-electron chi connectivity index (χ0n) is 20.8. The van der Waals surface area contributed by atoms with Gasteiger partial charge in [0.1, 0.15) is 23.2 Å². The molecule has 1 aromatic heterocycles. The van der Waals surface area contributed by atoms with Crippen LogP contribution in [0, 0.1) is 11.3 Å². The van der Waals surface area contributed by atoms with Crippen molar-refractivity contribution in [3.63, 3.8) is 0 Å². The average Bonchev–Trinajstić information content (AvgIpc) is 3.56. The molecule has 1 saturated heterocycles. The van der Waals surface area contributed by atoms with E-state index in [0.717, 1.165) is 53.1 Å². The molecule has 1 aliphatic heterocycles. The Balaban J connectivity index is 1.62. The number of aromatic nitrogens is 1. The smallest absolute Gasteiger partial charge is 0.229 e. The van der Waals surface area contributed by atoms with Crippen molar-refractivity contribution in [1.29, 1.82) is 5.26 Å². The number of benzene rings is 3. The van der Waals surface area contributed by atoms with Gasteiger partial charge in [-0.25, -0.2) is 0 Å². The van der Waals surface area contributed by atoms with Crippen LogP contribution in [0.2, 0.25) is 0 Å². The lowest BCUT2D eigenvalue weighted by Crippen LogP contribution is -2.22. The summed E-state index contributed by atoms with van der Waals surface area (Å²) in [4.78, 5) is 13.3. The molecule has 0 spiro atoms. The molecule has 2 heterocycles. The molecule has 0 aliphatic carbocycles. The Labute approximate surface area is 217 Å². The Bertz CT molecular complexity index is 1400. The molecule has 37 heavy (non-hydrogen) atoms. The highest BCUT2D eigenvalue weighted by Gasteiger charge is 2.28. The highest BCUT2D eigenvalue weighted by molar-refractivity contribution is 5.98. The average molecular weight is 492 g/mol. The van der Waals surface area contributed by atoms with Crippen molar-refractivity contribution in [2.45, 2.75) is 31.9 Å². The standard InChI is InChI=1S/C31H29N3O3/c1-36-25-16-14-22(15-17-25)19-28(35)33-31-27(20-32)29(23-9-4-2-5-10-23)30(24-11-6-3-7-12-24)34(31)21-26-13-8-18-37-26/h2-7,9-12,14-17,26H,8,13,18-19,21H2,1H3,(H,33,35). The number of methoxy groups -OCH3 is 1. The Kier molecular flexibility index (Phi) is 7.34. The van der Waals surface area contributed by atoms with Gasteiger partial charge in [-0.05, 0) is 41.7 Å². The minimum atomic E-state index is -0.188. The molecule has 1 aliphatic rings. The topological polar surface area (TPSA) is 76.3 Å². The molecule has 1 fully saturated rings. The number of rotatable bonds is 8. The van der Waals surface area contributed by atoms with Crippen molar-refractivity contribution in [2.75, 3.05) is 19.0 Å². The highest BCUT2D eigenvalue weighted by atomic mass is 16.5. The van der Waals surface area contributed by atoms with Crippen LogP contribution >= 0.6 is 0 Å². The van der Waals surface area contributed by atoms with E-state index in [1.807, 2.05) is 84.9 Å². The van der Waals surface area contributed by atoms with Gasteiger partial charge in [0.2, 0.25) is 5.91 Å². The lowest BCUT2D eigenvalue weighted by atomic mass is 9.98. The van der Waals surface area contributed by atoms with Crippen molar-refractivity contribution in [3.8, 4) is 34.2 Å². The molecule has 1 N–H and O–H groups in total. The van der Waals surface area contributed by atoms with Gasteiger partial charge in [-0.2, -0.15) is 5.26 Å². The lowest BCUT2D eigenvalue weighted by Gasteiger charge is -2.18. The molecule has 1 amide bonds. The van der Waals surface area contributed by atoms with Crippen LogP contribution in [-0.2, 0) is 22.5 Å². The highest BCUT2D eigenvalue weighted by Crippen LogP contribution is 2.42. The Morgan fingerprint density at radius 2 is 1.70 bits per heavy atom. The van der Waals surface area contributed by atoms with E-state index in [2.05, 4.69) is 16.0 Å². The fraction of sp³-hybridized carbons (Fsp3) is 0.226. The Hall–Kier alpha value is -4.34. The van der Waals surface area contributed by atoms with E-state index in [1.165, 1.54) is 0 Å². The third kappa shape index (κ3) is 5.28. The molecule has 6 nitrogen and oxygen atoms in total. The van der Waals surface area contributed by atoms with Gasteiger partial charge in [0, 0.05) is 12.2 Å². The molecule has 6 heteroatoms. The van der Waals surface area contributed by atoms with Crippen LogP contribution in [0.15, 0.2) is 84.9 Å². The normalized spacial score (nSPS) is 14.8. The van der Waals surface area contributed by atoms with E-state index in [4.69, 9.17) is 9.47 Å². The minimum absolute atomic E-state index is 0.0160. The Morgan fingerprint density at radius 3 is 2.30 bits per heavy atom. The van der Waals surface area contributed by atoms with Crippen LogP contribution in [0.5, 0.6) is 5.75 Å². The summed E-state index contributed by atoms with van der Waals surface area (Å²) in [6.07, 6.45) is 2.14. The summed E-state index contributed by atoms with van der Waals surface area (Å²) in [5.41, 5.74) is 4.93. The number of nitriles is 1. The van der Waals surface area contributed by atoms with Crippen molar-refractivity contribution in [2.24, 2.45) is 0 Å². The molecule has 4 aromatic rings. The fourth-order valence-electron chi connectivity index (χ4n) is 4.92. The second-order valence-corrected chi connectivity index (χ2v) is 9.11. The second kappa shape index (κ2) is 11.2. The maximum absolute atomic E-state index is 13.3. The zero-order chi connectivity index (χ0) is 25.6. The largest absolute Gasteiger partial charge is 0.497 e. The molecule has 186 valence electrons. The number of nitrogens with one attached hydrogen (secondary N) is 1. The number of anilines is 1. The van der Waals surface area contributed by atoms with Crippen molar-refractivity contribution in [1.82, 2.24) is 4.57 Å². The van der Waals surface area contributed by atoms with Crippen LogP contribution in [0.3, 0.4) is 0 Å². The van der Waals surface area contributed by atoms with E-state index >= 15 is 0 Å². The molecule has 5 rings (SSSR count). The van der Waals surface area contributed by atoms with E-state index in [9.17, 15) is 10.1 Å². The van der Waals surface area contributed by atoms with Gasteiger partial charge in [0.15, 0.2) is 0 Å².